The Labute approximate surface area is 179 Å². The average Bonchev–Trinajstić information content (AvgIpc) is 2.71. The van der Waals surface area contributed by atoms with Crippen molar-refractivity contribution in [3.8, 4) is 0 Å². The summed E-state index contributed by atoms with van der Waals surface area (Å²) in [5, 5.41) is 4.49. The molecule has 1 saturated heterocycles. The van der Waals surface area contributed by atoms with Crippen LogP contribution in [0.2, 0.25) is 0 Å². The topological polar surface area (TPSA) is 48.1 Å². The molecule has 30 heavy (non-hydrogen) atoms. The molecule has 0 amide bonds. The Morgan fingerprint density at radius 1 is 1.10 bits per heavy atom. The third kappa shape index (κ3) is 4.53. The standard InChI is InChI=1S/C26H33N3O/c1-18-6-5-13-29(17-18)23-10-8-22(9-11-23)27-16-20-14-19-15-21(26(2,3)4)7-12-24(19)28-25(20)30/h7-12,14-15,18,27H,5-6,13,16-17H2,1-4H3,(H,28,30). The first-order chi connectivity index (χ1) is 14.3. The zero-order valence-electron chi connectivity index (χ0n) is 18.6. The Morgan fingerprint density at radius 3 is 2.57 bits per heavy atom. The van der Waals surface area contributed by atoms with Gasteiger partial charge in [0.05, 0.1) is 0 Å². The molecule has 4 nitrogen and oxygen atoms in total. The molecule has 0 aliphatic carbocycles. The lowest BCUT2D eigenvalue weighted by molar-refractivity contribution is 0.447. The molecular formula is C26H33N3O. The van der Waals surface area contributed by atoms with Crippen LogP contribution in [0.5, 0.6) is 0 Å². The van der Waals surface area contributed by atoms with Gasteiger partial charge in [-0.25, -0.2) is 0 Å². The maximum Gasteiger partial charge on any atom is 0.253 e. The first kappa shape index (κ1) is 20.5. The van der Waals surface area contributed by atoms with Crippen molar-refractivity contribution < 1.29 is 0 Å². The maximum absolute atomic E-state index is 12.5. The Bertz CT molecular complexity index is 1080. The van der Waals surface area contributed by atoms with Gasteiger partial charge >= 0.3 is 0 Å². The van der Waals surface area contributed by atoms with Crippen molar-refractivity contribution in [2.24, 2.45) is 5.92 Å². The number of aromatic nitrogens is 1. The Kier molecular flexibility index (Phi) is 5.59. The van der Waals surface area contributed by atoms with Gasteiger partial charge in [0, 0.05) is 42.1 Å². The number of rotatable bonds is 4. The summed E-state index contributed by atoms with van der Waals surface area (Å²) < 4.78 is 0. The van der Waals surface area contributed by atoms with Gasteiger partial charge in [-0.05, 0) is 77.6 Å². The van der Waals surface area contributed by atoms with Crippen molar-refractivity contribution in [3.05, 3.63) is 70.0 Å². The minimum absolute atomic E-state index is 0.0302. The molecule has 0 saturated carbocycles. The molecule has 0 bridgehead atoms. The van der Waals surface area contributed by atoms with E-state index in [1.165, 1.54) is 24.1 Å². The highest BCUT2D eigenvalue weighted by molar-refractivity contribution is 5.80. The predicted octanol–water partition coefficient (Wildman–Crippen LogP) is 5.67. The van der Waals surface area contributed by atoms with Gasteiger partial charge in [-0.3, -0.25) is 4.79 Å². The van der Waals surface area contributed by atoms with Gasteiger partial charge < -0.3 is 15.2 Å². The highest BCUT2D eigenvalue weighted by Gasteiger charge is 2.17. The van der Waals surface area contributed by atoms with Crippen LogP contribution in [0.3, 0.4) is 0 Å². The van der Waals surface area contributed by atoms with Crippen LogP contribution >= 0.6 is 0 Å². The summed E-state index contributed by atoms with van der Waals surface area (Å²) in [5.41, 5.74) is 5.27. The highest BCUT2D eigenvalue weighted by atomic mass is 16.1. The van der Waals surface area contributed by atoms with E-state index < -0.39 is 0 Å². The number of nitrogens with zero attached hydrogens (tertiary/aromatic N) is 1. The molecule has 1 unspecified atom stereocenters. The monoisotopic (exact) mass is 403 g/mol. The molecule has 1 fully saturated rings. The first-order valence-electron chi connectivity index (χ1n) is 11.0. The summed E-state index contributed by atoms with van der Waals surface area (Å²) in [6, 6.07) is 16.9. The fraction of sp³-hybridized carbons (Fsp3) is 0.423. The van der Waals surface area contributed by atoms with Gasteiger partial charge in [-0.15, -0.1) is 0 Å². The quantitative estimate of drug-likeness (QED) is 0.590. The normalized spacial score (nSPS) is 17.3. The second kappa shape index (κ2) is 8.17. The van der Waals surface area contributed by atoms with Crippen LogP contribution in [0.15, 0.2) is 53.3 Å². The second-order valence-electron chi connectivity index (χ2n) is 9.77. The number of H-pyrrole nitrogens is 1. The molecule has 3 aromatic rings. The fourth-order valence-electron chi connectivity index (χ4n) is 4.26. The first-order valence-corrected chi connectivity index (χ1v) is 11.0. The van der Waals surface area contributed by atoms with Gasteiger partial charge in [0.15, 0.2) is 0 Å². The lowest BCUT2D eigenvalue weighted by atomic mass is 9.86. The Balaban J connectivity index is 1.49. The van der Waals surface area contributed by atoms with E-state index in [1.807, 2.05) is 12.1 Å². The molecule has 1 aliphatic rings. The van der Waals surface area contributed by atoms with Crippen LogP contribution in [0, 0.1) is 5.92 Å². The molecule has 2 heterocycles. The van der Waals surface area contributed by atoms with E-state index in [-0.39, 0.29) is 11.0 Å². The highest BCUT2D eigenvalue weighted by Crippen LogP contribution is 2.26. The number of hydrogen-bond acceptors (Lipinski definition) is 3. The van der Waals surface area contributed by atoms with E-state index in [2.05, 4.69) is 79.3 Å². The average molecular weight is 404 g/mol. The summed E-state index contributed by atoms with van der Waals surface area (Å²) in [6.45, 7) is 11.7. The summed E-state index contributed by atoms with van der Waals surface area (Å²) in [6.07, 6.45) is 2.59. The smallest absolute Gasteiger partial charge is 0.253 e. The number of hydrogen-bond donors (Lipinski definition) is 2. The van der Waals surface area contributed by atoms with Crippen LogP contribution in [-0.2, 0) is 12.0 Å². The molecule has 0 radical (unpaired) electrons. The molecular weight excluding hydrogens is 370 g/mol. The number of aromatic amines is 1. The van der Waals surface area contributed by atoms with Gasteiger partial charge in [-0.1, -0.05) is 33.8 Å². The summed E-state index contributed by atoms with van der Waals surface area (Å²) in [4.78, 5) is 18.0. The number of piperidine rings is 1. The van der Waals surface area contributed by atoms with Gasteiger partial charge in [0.2, 0.25) is 0 Å². The fourth-order valence-corrected chi connectivity index (χ4v) is 4.26. The number of pyridine rings is 1. The van der Waals surface area contributed by atoms with Gasteiger partial charge in [-0.2, -0.15) is 0 Å². The zero-order valence-corrected chi connectivity index (χ0v) is 18.6. The lowest BCUT2D eigenvalue weighted by Crippen LogP contribution is -2.34. The molecule has 2 N–H and O–H groups in total. The van der Waals surface area contributed by atoms with E-state index in [0.717, 1.165) is 41.2 Å². The van der Waals surface area contributed by atoms with Gasteiger partial charge in [0.25, 0.3) is 5.56 Å². The van der Waals surface area contributed by atoms with Crippen molar-refractivity contribution in [1.29, 1.82) is 0 Å². The molecule has 158 valence electrons. The molecule has 0 spiro atoms. The zero-order chi connectivity index (χ0) is 21.3. The minimum Gasteiger partial charge on any atom is -0.381 e. The predicted molar refractivity (Wildman–Crippen MR) is 128 cm³/mol. The SMILES string of the molecule is CC1CCCN(c2ccc(NCc3cc4cc(C(C)(C)C)ccc4[nH]c3=O)cc2)C1. The van der Waals surface area contributed by atoms with Crippen molar-refractivity contribution in [2.45, 2.75) is 52.5 Å². The van der Waals surface area contributed by atoms with Crippen molar-refractivity contribution in [1.82, 2.24) is 4.98 Å². The van der Waals surface area contributed by atoms with E-state index in [9.17, 15) is 4.79 Å². The number of benzene rings is 2. The summed E-state index contributed by atoms with van der Waals surface area (Å²) in [7, 11) is 0. The summed E-state index contributed by atoms with van der Waals surface area (Å²) >= 11 is 0. The molecule has 4 rings (SSSR count). The molecule has 2 aromatic carbocycles. The number of anilines is 2. The summed E-state index contributed by atoms with van der Waals surface area (Å²) in [5.74, 6) is 0.759. The number of fused-ring (bicyclic) bond motifs is 1. The van der Waals surface area contributed by atoms with Crippen LogP contribution < -0.4 is 15.8 Å². The minimum atomic E-state index is -0.0302. The van der Waals surface area contributed by atoms with Crippen molar-refractivity contribution in [3.63, 3.8) is 0 Å². The van der Waals surface area contributed by atoms with Gasteiger partial charge in [0.1, 0.15) is 0 Å². The van der Waals surface area contributed by atoms with E-state index >= 15 is 0 Å². The van der Waals surface area contributed by atoms with Crippen LogP contribution in [0.1, 0.15) is 51.7 Å². The molecule has 1 aromatic heterocycles. The largest absolute Gasteiger partial charge is 0.381 e. The molecule has 1 aliphatic heterocycles. The molecule has 4 heteroatoms. The van der Waals surface area contributed by atoms with Crippen LogP contribution in [0.4, 0.5) is 11.4 Å². The third-order valence-electron chi connectivity index (χ3n) is 6.16. The van der Waals surface area contributed by atoms with Crippen molar-refractivity contribution in [2.75, 3.05) is 23.3 Å². The Hall–Kier alpha value is -2.75. The van der Waals surface area contributed by atoms with E-state index in [1.54, 1.807) is 0 Å². The maximum atomic E-state index is 12.5. The molecule has 1 atom stereocenters. The number of nitrogens with one attached hydrogen (secondary N) is 2. The second-order valence-corrected chi connectivity index (χ2v) is 9.77. The van der Waals surface area contributed by atoms with Crippen LogP contribution in [0.25, 0.3) is 10.9 Å². The lowest BCUT2D eigenvalue weighted by Gasteiger charge is -2.32. The third-order valence-corrected chi connectivity index (χ3v) is 6.16. The van der Waals surface area contributed by atoms with Crippen LogP contribution in [-0.4, -0.2) is 18.1 Å². The van der Waals surface area contributed by atoms with E-state index in [4.69, 9.17) is 0 Å². The Morgan fingerprint density at radius 2 is 1.87 bits per heavy atom. The van der Waals surface area contributed by atoms with Crippen molar-refractivity contribution >= 4 is 22.3 Å². The van der Waals surface area contributed by atoms with E-state index in [0.29, 0.717) is 6.54 Å².